The highest BCUT2D eigenvalue weighted by Crippen LogP contribution is 2.25. The molecule has 2 aromatic rings. The van der Waals surface area contributed by atoms with Crippen LogP contribution in [0.25, 0.3) is 0 Å². The predicted molar refractivity (Wildman–Crippen MR) is 130 cm³/mol. The van der Waals surface area contributed by atoms with Crippen LogP contribution >= 0.6 is 27.5 Å². The van der Waals surface area contributed by atoms with Crippen molar-refractivity contribution in [1.29, 1.82) is 0 Å². The first kappa shape index (κ1) is 26.3. The van der Waals surface area contributed by atoms with Crippen LogP contribution in [0.15, 0.2) is 52.0 Å². The van der Waals surface area contributed by atoms with Gasteiger partial charge in [-0.05, 0) is 76.3 Å². The fourth-order valence-corrected chi connectivity index (χ4v) is 3.34. The third-order valence-corrected chi connectivity index (χ3v) is 5.22. The fourth-order valence-electron chi connectivity index (χ4n) is 2.70. The van der Waals surface area contributed by atoms with E-state index in [9.17, 15) is 14.4 Å². The van der Waals surface area contributed by atoms with Gasteiger partial charge in [0.05, 0.1) is 17.8 Å². The molecule has 0 heterocycles. The number of hydrogen-bond acceptors (Lipinski definition) is 6. The molecule has 0 aliphatic rings. The van der Waals surface area contributed by atoms with Crippen molar-refractivity contribution in [3.63, 3.8) is 0 Å². The van der Waals surface area contributed by atoms with Crippen molar-refractivity contribution in [2.24, 2.45) is 11.0 Å². The van der Waals surface area contributed by atoms with Crippen LogP contribution in [-0.4, -0.2) is 43.8 Å². The first-order valence-electron chi connectivity index (χ1n) is 10.1. The van der Waals surface area contributed by atoms with Gasteiger partial charge >= 0.3 is 5.97 Å². The van der Waals surface area contributed by atoms with Crippen LogP contribution in [0.2, 0.25) is 5.02 Å². The van der Waals surface area contributed by atoms with Gasteiger partial charge in [-0.15, -0.1) is 0 Å². The second kappa shape index (κ2) is 13.0. The normalized spacial score (nSPS) is 11.8. The van der Waals surface area contributed by atoms with E-state index in [2.05, 4.69) is 36.5 Å². The van der Waals surface area contributed by atoms with E-state index in [1.165, 1.54) is 13.3 Å². The Hall–Kier alpha value is -2.91. The maximum absolute atomic E-state index is 12.7. The molecule has 0 aliphatic carbocycles. The first-order valence-corrected chi connectivity index (χ1v) is 11.2. The van der Waals surface area contributed by atoms with Crippen molar-refractivity contribution in [2.45, 2.75) is 26.3 Å². The minimum atomic E-state index is -0.758. The topological polar surface area (TPSA) is 106 Å². The number of methoxy groups -OCH3 is 1. The van der Waals surface area contributed by atoms with Gasteiger partial charge in [-0.2, -0.15) is 5.10 Å². The number of rotatable bonds is 10. The Bertz CT molecular complexity index is 1010. The van der Waals surface area contributed by atoms with E-state index in [1.807, 2.05) is 13.8 Å². The van der Waals surface area contributed by atoms with Crippen LogP contribution in [0.4, 0.5) is 0 Å². The molecule has 8 nitrogen and oxygen atoms in total. The summed E-state index contributed by atoms with van der Waals surface area (Å²) in [5, 5.41) is 7.26. The lowest BCUT2D eigenvalue weighted by Gasteiger charge is -2.19. The standard InChI is InChI=1S/C23H25BrClN3O5/c1-14(2)10-19(27-22(30)16-5-7-17(25)8-6-16)23(31)28-26-12-15-4-9-20(18(24)11-15)33-13-21(29)32-3/h4-9,11-12,14,19H,10,13H2,1-3H3,(H,27,30)(H,28,31). The molecule has 2 amide bonds. The summed E-state index contributed by atoms with van der Waals surface area (Å²) < 4.78 is 10.5. The van der Waals surface area contributed by atoms with Gasteiger partial charge in [0.1, 0.15) is 11.8 Å². The van der Waals surface area contributed by atoms with E-state index in [4.69, 9.17) is 16.3 Å². The largest absolute Gasteiger partial charge is 0.481 e. The van der Waals surface area contributed by atoms with Crippen LogP contribution < -0.4 is 15.5 Å². The molecule has 0 radical (unpaired) electrons. The van der Waals surface area contributed by atoms with Crippen molar-refractivity contribution in [1.82, 2.24) is 10.7 Å². The molecule has 0 bridgehead atoms. The van der Waals surface area contributed by atoms with Crippen molar-refractivity contribution in [2.75, 3.05) is 13.7 Å². The van der Waals surface area contributed by atoms with Gasteiger partial charge in [0.25, 0.3) is 11.8 Å². The molecule has 2 rings (SSSR count). The van der Waals surface area contributed by atoms with Gasteiger partial charge in [0.15, 0.2) is 6.61 Å². The Balaban J connectivity index is 1.99. The number of amides is 2. The zero-order chi connectivity index (χ0) is 24.4. The summed E-state index contributed by atoms with van der Waals surface area (Å²) in [4.78, 5) is 36.4. The van der Waals surface area contributed by atoms with Crippen LogP contribution in [0.3, 0.4) is 0 Å². The fraction of sp³-hybridized carbons (Fsp3) is 0.304. The van der Waals surface area contributed by atoms with Gasteiger partial charge < -0.3 is 14.8 Å². The van der Waals surface area contributed by atoms with Crippen LogP contribution in [0.1, 0.15) is 36.2 Å². The molecule has 2 N–H and O–H groups in total. The summed E-state index contributed by atoms with van der Waals surface area (Å²) >= 11 is 9.22. The minimum Gasteiger partial charge on any atom is -0.481 e. The number of halogens is 2. The molecule has 33 heavy (non-hydrogen) atoms. The summed E-state index contributed by atoms with van der Waals surface area (Å²) in [6.45, 7) is 3.70. The average Bonchev–Trinajstić information content (AvgIpc) is 2.77. The van der Waals surface area contributed by atoms with Gasteiger partial charge in [-0.25, -0.2) is 10.2 Å². The molecule has 2 aromatic carbocycles. The third kappa shape index (κ3) is 8.86. The monoisotopic (exact) mass is 537 g/mol. The zero-order valence-electron chi connectivity index (χ0n) is 18.4. The smallest absolute Gasteiger partial charge is 0.343 e. The Labute approximate surface area is 205 Å². The van der Waals surface area contributed by atoms with Gasteiger partial charge in [-0.1, -0.05) is 25.4 Å². The third-order valence-electron chi connectivity index (χ3n) is 4.35. The molecule has 0 fully saturated rings. The number of nitrogens with one attached hydrogen (secondary N) is 2. The van der Waals surface area contributed by atoms with E-state index in [1.54, 1.807) is 42.5 Å². The van der Waals surface area contributed by atoms with Crippen LogP contribution in [-0.2, 0) is 14.3 Å². The number of benzene rings is 2. The van der Waals surface area contributed by atoms with Gasteiger partial charge in [0.2, 0.25) is 0 Å². The van der Waals surface area contributed by atoms with Crippen molar-refractivity contribution < 1.29 is 23.9 Å². The van der Waals surface area contributed by atoms with Gasteiger partial charge in [0, 0.05) is 10.6 Å². The molecule has 0 aromatic heterocycles. The molecule has 1 unspecified atom stereocenters. The highest BCUT2D eigenvalue weighted by atomic mass is 79.9. The lowest BCUT2D eigenvalue weighted by Crippen LogP contribution is -2.46. The average molecular weight is 539 g/mol. The number of esters is 1. The molecular formula is C23H25BrClN3O5. The van der Waals surface area contributed by atoms with Crippen LogP contribution in [0, 0.1) is 5.92 Å². The van der Waals surface area contributed by atoms with Crippen molar-refractivity contribution in [3.05, 3.63) is 63.1 Å². The Kier molecular flexibility index (Phi) is 10.3. The maximum atomic E-state index is 12.7. The molecule has 0 saturated heterocycles. The lowest BCUT2D eigenvalue weighted by atomic mass is 10.0. The van der Waals surface area contributed by atoms with E-state index in [0.29, 0.717) is 32.8 Å². The summed E-state index contributed by atoms with van der Waals surface area (Å²) in [5.74, 6) is -0.663. The molecule has 1 atom stereocenters. The molecule has 10 heteroatoms. The molecule has 0 spiro atoms. The molecular weight excluding hydrogens is 514 g/mol. The summed E-state index contributed by atoms with van der Waals surface area (Å²) in [7, 11) is 1.28. The number of nitrogens with zero attached hydrogens (tertiary/aromatic N) is 1. The van der Waals surface area contributed by atoms with E-state index in [-0.39, 0.29) is 18.4 Å². The number of carbonyl (C=O) groups is 3. The highest BCUT2D eigenvalue weighted by Gasteiger charge is 2.22. The molecule has 0 aliphatic heterocycles. The first-order chi connectivity index (χ1) is 15.7. The van der Waals surface area contributed by atoms with E-state index in [0.717, 1.165) is 0 Å². The van der Waals surface area contributed by atoms with Gasteiger partial charge in [-0.3, -0.25) is 9.59 Å². The van der Waals surface area contributed by atoms with Crippen molar-refractivity contribution in [3.8, 4) is 5.75 Å². The zero-order valence-corrected chi connectivity index (χ0v) is 20.8. The Morgan fingerprint density at radius 2 is 1.85 bits per heavy atom. The molecule has 0 saturated carbocycles. The number of hydrazone groups is 1. The Morgan fingerprint density at radius 1 is 1.15 bits per heavy atom. The minimum absolute atomic E-state index is 0.170. The molecule has 176 valence electrons. The SMILES string of the molecule is COC(=O)COc1ccc(C=NNC(=O)C(CC(C)C)NC(=O)c2ccc(Cl)cc2)cc1Br. The van der Waals surface area contributed by atoms with E-state index >= 15 is 0 Å². The highest BCUT2D eigenvalue weighted by molar-refractivity contribution is 9.10. The summed E-state index contributed by atoms with van der Waals surface area (Å²) in [6.07, 6.45) is 1.90. The quantitative estimate of drug-likeness (QED) is 0.271. The van der Waals surface area contributed by atoms with Crippen molar-refractivity contribution >= 4 is 51.5 Å². The maximum Gasteiger partial charge on any atom is 0.343 e. The predicted octanol–water partition coefficient (Wildman–Crippen LogP) is 3.95. The number of ether oxygens (including phenoxy) is 2. The second-order valence-corrected chi connectivity index (χ2v) is 8.74. The summed E-state index contributed by atoms with van der Waals surface area (Å²) in [6, 6.07) is 10.7. The number of hydrogen-bond donors (Lipinski definition) is 2. The van der Waals surface area contributed by atoms with E-state index < -0.39 is 17.9 Å². The Morgan fingerprint density at radius 3 is 2.45 bits per heavy atom. The lowest BCUT2D eigenvalue weighted by molar-refractivity contribution is -0.142. The second-order valence-electron chi connectivity index (χ2n) is 7.45. The van der Waals surface area contributed by atoms with Crippen LogP contribution in [0.5, 0.6) is 5.75 Å². The summed E-state index contributed by atoms with van der Waals surface area (Å²) in [5.41, 5.74) is 3.56. The number of carbonyl (C=O) groups excluding carboxylic acids is 3.